The Hall–Kier alpha value is -2.09. The number of ether oxygens (including phenoxy) is 1. The highest BCUT2D eigenvalue weighted by molar-refractivity contribution is 9.10. The smallest absolute Gasteiger partial charge is 0.408 e. The number of benzene rings is 1. The van der Waals surface area contributed by atoms with Crippen LogP contribution in [-0.4, -0.2) is 54.1 Å². The van der Waals surface area contributed by atoms with E-state index in [4.69, 9.17) is 4.74 Å². The lowest BCUT2D eigenvalue weighted by Gasteiger charge is -2.32. The van der Waals surface area contributed by atoms with Crippen LogP contribution in [-0.2, 0) is 9.53 Å². The van der Waals surface area contributed by atoms with Crippen molar-refractivity contribution in [2.45, 2.75) is 45.3 Å². The minimum atomic E-state index is -0.618. The summed E-state index contributed by atoms with van der Waals surface area (Å²) in [7, 11) is 0. The maximum atomic E-state index is 12.5. The van der Waals surface area contributed by atoms with Crippen LogP contribution < -0.4 is 10.6 Å². The molecule has 0 aromatic heterocycles. The average Bonchev–Trinajstić information content (AvgIpc) is 2.58. The van der Waals surface area contributed by atoms with E-state index in [0.717, 1.165) is 4.47 Å². The van der Waals surface area contributed by atoms with Crippen LogP contribution >= 0.6 is 15.9 Å². The number of hydrogen-bond acceptors (Lipinski definition) is 4. The summed E-state index contributed by atoms with van der Waals surface area (Å²) in [6.45, 7) is 6.30. The fourth-order valence-electron chi connectivity index (χ4n) is 2.78. The first kappa shape index (κ1) is 21.2. The van der Waals surface area contributed by atoms with Gasteiger partial charge in [-0.1, -0.05) is 22.0 Å². The molecule has 148 valence electrons. The molecular weight excluding hydrogens is 414 g/mol. The molecule has 0 saturated carbocycles. The topological polar surface area (TPSA) is 87.7 Å². The summed E-state index contributed by atoms with van der Waals surface area (Å²) in [6, 6.07) is 7.30. The van der Waals surface area contributed by atoms with Crippen LogP contribution in [0.25, 0.3) is 0 Å². The molecule has 2 rings (SSSR count). The lowest BCUT2D eigenvalue weighted by molar-refractivity contribution is -0.121. The van der Waals surface area contributed by atoms with Crippen molar-refractivity contribution in [3.63, 3.8) is 0 Å². The Morgan fingerprint density at radius 2 is 1.89 bits per heavy atom. The van der Waals surface area contributed by atoms with Crippen LogP contribution in [0.1, 0.15) is 44.0 Å². The fourth-order valence-corrected chi connectivity index (χ4v) is 3.18. The third-order valence-corrected chi connectivity index (χ3v) is 4.50. The highest BCUT2D eigenvalue weighted by Gasteiger charge is 2.25. The maximum Gasteiger partial charge on any atom is 0.408 e. The van der Waals surface area contributed by atoms with Crippen molar-refractivity contribution in [1.29, 1.82) is 0 Å². The number of hydrogen-bond donors (Lipinski definition) is 2. The summed E-state index contributed by atoms with van der Waals surface area (Å²) in [5.41, 5.74) is 0.0438. The summed E-state index contributed by atoms with van der Waals surface area (Å²) < 4.78 is 5.96. The monoisotopic (exact) mass is 439 g/mol. The largest absolute Gasteiger partial charge is 0.444 e. The van der Waals surface area contributed by atoms with E-state index in [9.17, 15) is 14.4 Å². The Morgan fingerprint density at radius 3 is 2.48 bits per heavy atom. The Balaban J connectivity index is 1.73. The second-order valence-electron chi connectivity index (χ2n) is 7.50. The van der Waals surface area contributed by atoms with Gasteiger partial charge in [0.2, 0.25) is 5.91 Å². The van der Waals surface area contributed by atoms with Crippen LogP contribution in [0.3, 0.4) is 0 Å². The fraction of sp³-hybridized carbons (Fsp3) is 0.526. The summed E-state index contributed by atoms with van der Waals surface area (Å²) >= 11 is 3.37. The van der Waals surface area contributed by atoms with Gasteiger partial charge in [0.15, 0.2) is 0 Å². The van der Waals surface area contributed by atoms with Gasteiger partial charge in [0.25, 0.3) is 5.91 Å². The van der Waals surface area contributed by atoms with Gasteiger partial charge in [-0.2, -0.15) is 0 Å². The molecule has 0 bridgehead atoms. The molecule has 3 amide bonds. The molecule has 1 aliphatic rings. The van der Waals surface area contributed by atoms with Crippen LogP contribution in [0.2, 0.25) is 0 Å². The summed E-state index contributed by atoms with van der Waals surface area (Å²) in [5.74, 6) is -0.273. The molecule has 0 radical (unpaired) electrons. The number of rotatable bonds is 4. The molecule has 0 unspecified atom stereocenters. The van der Waals surface area contributed by atoms with Crippen molar-refractivity contribution >= 4 is 33.8 Å². The van der Waals surface area contributed by atoms with Crippen molar-refractivity contribution in [3.8, 4) is 0 Å². The molecule has 1 aromatic carbocycles. The van der Waals surface area contributed by atoms with E-state index < -0.39 is 11.7 Å². The van der Waals surface area contributed by atoms with E-state index >= 15 is 0 Å². The van der Waals surface area contributed by atoms with Crippen LogP contribution in [0.4, 0.5) is 4.79 Å². The van der Waals surface area contributed by atoms with E-state index in [0.29, 0.717) is 31.5 Å². The lowest BCUT2D eigenvalue weighted by Crippen LogP contribution is -2.49. The van der Waals surface area contributed by atoms with E-state index in [1.165, 1.54) is 0 Å². The Labute approximate surface area is 167 Å². The zero-order valence-electron chi connectivity index (χ0n) is 15.9. The van der Waals surface area contributed by atoms with Crippen LogP contribution in [0.5, 0.6) is 0 Å². The standard InChI is InChI=1S/C19H26BrN3O4/c1-19(2,3)27-18(26)21-12-16(24)22-15-7-9-23(10-8-15)17(25)13-5-4-6-14(20)11-13/h4-6,11,15H,7-10,12H2,1-3H3,(H,21,26)(H,22,24). The zero-order chi connectivity index (χ0) is 20.0. The number of amides is 3. The van der Waals surface area contributed by atoms with Gasteiger partial charge < -0.3 is 20.3 Å². The first-order chi connectivity index (χ1) is 12.6. The van der Waals surface area contributed by atoms with Gasteiger partial charge in [-0.05, 0) is 51.8 Å². The SMILES string of the molecule is CC(C)(C)OC(=O)NCC(=O)NC1CCN(C(=O)c2cccc(Br)c2)CC1. The molecule has 1 aliphatic heterocycles. The van der Waals surface area contributed by atoms with Gasteiger partial charge >= 0.3 is 6.09 Å². The maximum absolute atomic E-state index is 12.5. The highest BCUT2D eigenvalue weighted by Crippen LogP contribution is 2.17. The van der Waals surface area contributed by atoms with Crippen molar-refractivity contribution < 1.29 is 19.1 Å². The van der Waals surface area contributed by atoms with Crippen molar-refractivity contribution in [3.05, 3.63) is 34.3 Å². The Morgan fingerprint density at radius 1 is 1.22 bits per heavy atom. The third kappa shape index (κ3) is 7.21. The number of alkyl carbamates (subject to hydrolysis) is 1. The molecule has 0 aliphatic carbocycles. The quantitative estimate of drug-likeness (QED) is 0.754. The van der Waals surface area contributed by atoms with Crippen molar-refractivity contribution in [1.82, 2.24) is 15.5 Å². The minimum Gasteiger partial charge on any atom is -0.444 e. The summed E-state index contributed by atoms with van der Waals surface area (Å²) in [5, 5.41) is 5.33. The highest BCUT2D eigenvalue weighted by atomic mass is 79.9. The first-order valence-corrected chi connectivity index (χ1v) is 9.74. The molecular formula is C19H26BrN3O4. The van der Waals surface area contributed by atoms with Gasteiger partial charge in [0.1, 0.15) is 12.1 Å². The number of halogens is 1. The second kappa shape index (κ2) is 9.21. The predicted octanol–water partition coefficient (Wildman–Crippen LogP) is 2.69. The Kier molecular flexibility index (Phi) is 7.24. The van der Waals surface area contributed by atoms with E-state index in [1.807, 2.05) is 12.1 Å². The third-order valence-electron chi connectivity index (χ3n) is 4.01. The van der Waals surface area contributed by atoms with Crippen molar-refractivity contribution in [2.75, 3.05) is 19.6 Å². The van der Waals surface area contributed by atoms with Gasteiger partial charge in [-0.3, -0.25) is 9.59 Å². The van der Waals surface area contributed by atoms with Gasteiger partial charge in [-0.15, -0.1) is 0 Å². The molecule has 0 atom stereocenters. The molecule has 1 fully saturated rings. The number of carbonyl (C=O) groups excluding carboxylic acids is 3. The summed E-state index contributed by atoms with van der Waals surface area (Å²) in [6.07, 6.45) is 0.739. The lowest BCUT2D eigenvalue weighted by atomic mass is 10.0. The molecule has 0 spiro atoms. The second-order valence-corrected chi connectivity index (χ2v) is 8.42. The van der Waals surface area contributed by atoms with Crippen LogP contribution in [0, 0.1) is 0 Å². The zero-order valence-corrected chi connectivity index (χ0v) is 17.5. The molecule has 1 saturated heterocycles. The molecule has 27 heavy (non-hydrogen) atoms. The predicted molar refractivity (Wildman–Crippen MR) is 105 cm³/mol. The molecule has 7 nitrogen and oxygen atoms in total. The normalized spacial score (nSPS) is 15.2. The number of likely N-dealkylation sites (tertiary alicyclic amines) is 1. The van der Waals surface area contributed by atoms with Gasteiger partial charge in [0.05, 0.1) is 0 Å². The number of piperidine rings is 1. The van der Waals surface area contributed by atoms with E-state index in [1.54, 1.807) is 37.8 Å². The molecule has 2 N–H and O–H groups in total. The van der Waals surface area contributed by atoms with Crippen LogP contribution in [0.15, 0.2) is 28.7 Å². The number of nitrogens with zero attached hydrogens (tertiary/aromatic N) is 1. The Bertz CT molecular complexity index is 694. The molecule has 8 heteroatoms. The van der Waals surface area contributed by atoms with Gasteiger partial charge in [0, 0.05) is 29.2 Å². The van der Waals surface area contributed by atoms with E-state index in [2.05, 4.69) is 26.6 Å². The molecule has 1 heterocycles. The first-order valence-electron chi connectivity index (χ1n) is 8.95. The number of carbonyl (C=O) groups is 3. The van der Waals surface area contributed by atoms with Gasteiger partial charge in [-0.25, -0.2) is 4.79 Å². The van der Waals surface area contributed by atoms with E-state index in [-0.39, 0.29) is 24.4 Å². The number of nitrogens with one attached hydrogen (secondary N) is 2. The minimum absolute atomic E-state index is 0.00679. The van der Waals surface area contributed by atoms with Crippen molar-refractivity contribution in [2.24, 2.45) is 0 Å². The summed E-state index contributed by atoms with van der Waals surface area (Å²) in [4.78, 5) is 37.9. The average molecular weight is 440 g/mol. The molecule has 1 aromatic rings.